The second kappa shape index (κ2) is 6.00. The van der Waals surface area contributed by atoms with Gasteiger partial charge in [-0.15, -0.1) is 0 Å². The molecule has 2 aliphatic heterocycles. The second-order valence-electron chi connectivity index (χ2n) is 7.72. The van der Waals surface area contributed by atoms with E-state index in [9.17, 15) is 0 Å². The van der Waals surface area contributed by atoms with Crippen LogP contribution in [-0.2, 0) is 4.74 Å². The zero-order valence-electron chi connectivity index (χ0n) is 13.3. The fourth-order valence-electron chi connectivity index (χ4n) is 5.01. The largest absolute Gasteiger partial charge is 0.377 e. The Morgan fingerprint density at radius 3 is 2.50 bits per heavy atom. The molecule has 3 fully saturated rings. The lowest BCUT2D eigenvalue weighted by Crippen LogP contribution is -2.70. The third-order valence-electron chi connectivity index (χ3n) is 5.91. The molecule has 0 amide bonds. The Hall–Kier alpha value is -0.0151. The summed E-state index contributed by atoms with van der Waals surface area (Å²) in [5.41, 5.74) is 0.369. The minimum absolute atomic E-state index is 0.369. The first-order chi connectivity index (χ1) is 9.62. The van der Waals surface area contributed by atoms with Crippen LogP contribution < -0.4 is 0 Å². The molecule has 3 atom stereocenters. The average molecular weight is 275 g/mol. The molecule has 2 radical (unpaired) electrons. The molecule has 20 heavy (non-hydrogen) atoms. The van der Waals surface area contributed by atoms with Gasteiger partial charge < -0.3 is 4.74 Å². The number of likely N-dealkylation sites (tertiary alicyclic amines) is 1. The maximum absolute atomic E-state index is 6.37. The normalized spacial score (nSPS) is 38.6. The van der Waals surface area contributed by atoms with Crippen LogP contribution in [0.4, 0.5) is 0 Å². The van der Waals surface area contributed by atoms with Crippen molar-refractivity contribution in [3.63, 3.8) is 0 Å². The van der Waals surface area contributed by atoms with E-state index in [1.54, 1.807) is 0 Å². The molecule has 0 N–H and O–H groups in total. The van der Waals surface area contributed by atoms with E-state index in [4.69, 9.17) is 12.6 Å². The summed E-state index contributed by atoms with van der Waals surface area (Å²) in [7, 11) is 6.37. The Kier molecular flexibility index (Phi) is 4.47. The first-order valence-corrected chi connectivity index (χ1v) is 8.74. The number of nitrogens with zero attached hydrogens (tertiary/aromatic N) is 1. The number of hydrogen-bond acceptors (Lipinski definition) is 2. The predicted molar refractivity (Wildman–Crippen MR) is 84.2 cm³/mol. The van der Waals surface area contributed by atoms with E-state index in [2.05, 4.69) is 18.7 Å². The maximum Gasteiger partial charge on any atom is 0.0699 e. The van der Waals surface area contributed by atoms with Crippen molar-refractivity contribution < 1.29 is 4.74 Å². The van der Waals surface area contributed by atoms with Crippen molar-refractivity contribution >= 4 is 7.85 Å². The summed E-state index contributed by atoms with van der Waals surface area (Å²) < 4.78 is 5.61. The number of fused-ring (bicyclic) bond motifs is 1. The van der Waals surface area contributed by atoms with E-state index >= 15 is 0 Å². The molecule has 2 saturated heterocycles. The zero-order chi connectivity index (χ0) is 14.2. The van der Waals surface area contributed by atoms with E-state index in [0.29, 0.717) is 17.4 Å². The molecule has 0 aromatic carbocycles. The summed E-state index contributed by atoms with van der Waals surface area (Å²) in [6, 6.07) is 1.38. The van der Waals surface area contributed by atoms with E-state index in [-0.39, 0.29) is 0 Å². The number of piperidine rings is 1. The van der Waals surface area contributed by atoms with Gasteiger partial charge >= 0.3 is 0 Å². The first kappa shape index (κ1) is 14.9. The van der Waals surface area contributed by atoms with E-state index in [0.717, 1.165) is 25.2 Å². The second-order valence-corrected chi connectivity index (χ2v) is 7.72. The van der Waals surface area contributed by atoms with E-state index in [1.165, 1.54) is 51.4 Å². The molecule has 3 aliphatic rings. The van der Waals surface area contributed by atoms with Gasteiger partial charge in [0.1, 0.15) is 0 Å². The van der Waals surface area contributed by atoms with Crippen LogP contribution in [0.15, 0.2) is 0 Å². The van der Waals surface area contributed by atoms with Crippen molar-refractivity contribution in [3.8, 4) is 0 Å². The molecule has 0 aromatic heterocycles. The minimum atomic E-state index is 0.369. The smallest absolute Gasteiger partial charge is 0.0699 e. The molecule has 1 saturated carbocycles. The van der Waals surface area contributed by atoms with E-state index < -0.39 is 0 Å². The quantitative estimate of drug-likeness (QED) is 0.678. The van der Waals surface area contributed by atoms with Crippen LogP contribution in [0.25, 0.3) is 0 Å². The maximum atomic E-state index is 6.37. The molecular weight excluding hydrogens is 245 g/mol. The Balaban J connectivity index is 1.81. The van der Waals surface area contributed by atoms with Crippen LogP contribution in [0.1, 0.15) is 65.2 Å². The highest BCUT2D eigenvalue weighted by molar-refractivity contribution is 6.11. The van der Waals surface area contributed by atoms with Gasteiger partial charge in [0.2, 0.25) is 0 Å². The molecule has 3 rings (SSSR count). The Bertz CT molecular complexity index is 329. The van der Waals surface area contributed by atoms with Gasteiger partial charge in [0.15, 0.2) is 0 Å². The molecule has 0 aromatic rings. The van der Waals surface area contributed by atoms with Crippen LogP contribution in [0, 0.1) is 5.92 Å². The van der Waals surface area contributed by atoms with E-state index in [1.807, 2.05) is 0 Å². The molecule has 0 bridgehead atoms. The van der Waals surface area contributed by atoms with Crippen molar-refractivity contribution in [2.45, 2.75) is 88.7 Å². The van der Waals surface area contributed by atoms with Crippen LogP contribution in [0.5, 0.6) is 0 Å². The summed E-state index contributed by atoms with van der Waals surface area (Å²) in [6.45, 7) is 6.66. The summed E-state index contributed by atoms with van der Waals surface area (Å²) >= 11 is 0. The topological polar surface area (TPSA) is 12.5 Å². The number of ether oxygens (including phenoxy) is 1. The fraction of sp³-hybridized carbons (Fsp3) is 1.00. The highest BCUT2D eigenvalue weighted by Gasteiger charge is 2.52. The minimum Gasteiger partial charge on any atom is -0.377 e. The van der Waals surface area contributed by atoms with Gasteiger partial charge in [-0.05, 0) is 39.0 Å². The zero-order valence-corrected chi connectivity index (χ0v) is 13.3. The molecule has 1 spiro atoms. The SMILES string of the molecule is [B]C1CCCCCC2C(CCC3(COC3)N2C(C)C)C1. The summed E-state index contributed by atoms with van der Waals surface area (Å²) in [5.74, 6) is 1.25. The monoisotopic (exact) mass is 275 g/mol. The van der Waals surface area contributed by atoms with Crippen molar-refractivity contribution in [3.05, 3.63) is 0 Å². The number of hydrogen-bond donors (Lipinski definition) is 0. The molecule has 112 valence electrons. The third kappa shape index (κ3) is 2.68. The van der Waals surface area contributed by atoms with Crippen LogP contribution >= 0.6 is 0 Å². The molecule has 3 heteroatoms. The molecule has 1 aliphatic carbocycles. The van der Waals surface area contributed by atoms with Gasteiger partial charge in [-0.25, -0.2) is 0 Å². The van der Waals surface area contributed by atoms with Gasteiger partial charge in [-0.3, -0.25) is 4.90 Å². The Labute approximate surface area is 126 Å². The lowest BCUT2D eigenvalue weighted by Gasteiger charge is -2.60. The van der Waals surface area contributed by atoms with Gasteiger partial charge in [-0.2, -0.15) is 0 Å². The van der Waals surface area contributed by atoms with Gasteiger partial charge in [0.05, 0.1) is 26.6 Å². The molecule has 3 unspecified atom stereocenters. The van der Waals surface area contributed by atoms with Gasteiger partial charge in [0.25, 0.3) is 0 Å². The highest BCUT2D eigenvalue weighted by atomic mass is 16.5. The summed E-state index contributed by atoms with van der Waals surface area (Å²) in [6.07, 6.45) is 10.6. The van der Waals surface area contributed by atoms with Crippen LogP contribution in [-0.4, -0.2) is 43.6 Å². The summed E-state index contributed by atoms with van der Waals surface area (Å²) in [5, 5.41) is 0. The predicted octanol–water partition coefficient (Wildman–Crippen LogP) is 3.56. The first-order valence-electron chi connectivity index (χ1n) is 8.74. The van der Waals surface area contributed by atoms with Crippen molar-refractivity contribution in [1.29, 1.82) is 0 Å². The molecular formula is C17H30BNO. The fourth-order valence-corrected chi connectivity index (χ4v) is 5.01. The van der Waals surface area contributed by atoms with Crippen molar-refractivity contribution in [1.82, 2.24) is 4.90 Å². The standard InChI is InChI=1S/C17H30BNO/c1-13(2)19-16-7-5-3-4-6-15(18)10-14(16)8-9-17(19)11-20-12-17/h13-16H,3-12H2,1-2H3. The summed E-state index contributed by atoms with van der Waals surface area (Å²) in [4.78, 5) is 2.84. The highest BCUT2D eigenvalue weighted by Crippen LogP contribution is 2.46. The lowest BCUT2D eigenvalue weighted by molar-refractivity contribution is -0.195. The number of rotatable bonds is 1. The average Bonchev–Trinajstić information content (AvgIpc) is 2.45. The lowest BCUT2D eigenvalue weighted by atomic mass is 9.68. The molecule has 2 heterocycles. The Morgan fingerprint density at radius 1 is 1.10 bits per heavy atom. The third-order valence-corrected chi connectivity index (χ3v) is 5.91. The van der Waals surface area contributed by atoms with Crippen molar-refractivity contribution in [2.24, 2.45) is 5.92 Å². The van der Waals surface area contributed by atoms with Crippen LogP contribution in [0.3, 0.4) is 0 Å². The van der Waals surface area contributed by atoms with Crippen molar-refractivity contribution in [2.75, 3.05) is 13.2 Å². The van der Waals surface area contributed by atoms with Gasteiger partial charge in [0, 0.05) is 12.1 Å². The van der Waals surface area contributed by atoms with Gasteiger partial charge in [-0.1, -0.05) is 37.9 Å². The Morgan fingerprint density at radius 2 is 1.85 bits per heavy atom. The van der Waals surface area contributed by atoms with Crippen LogP contribution in [0.2, 0.25) is 5.82 Å². The molecule has 2 nitrogen and oxygen atoms in total.